The number of sulfone groups is 1. The summed E-state index contributed by atoms with van der Waals surface area (Å²) in [5.41, 5.74) is 1.06. The predicted molar refractivity (Wildman–Crippen MR) is 70.1 cm³/mol. The third kappa shape index (κ3) is 4.04. The van der Waals surface area contributed by atoms with Crippen LogP contribution < -0.4 is 4.74 Å². The summed E-state index contributed by atoms with van der Waals surface area (Å²) >= 11 is 0. The van der Waals surface area contributed by atoms with Crippen molar-refractivity contribution in [2.24, 2.45) is 0 Å². The maximum Gasteiger partial charge on any atom is 0.154 e. The molecule has 0 aliphatic rings. The summed E-state index contributed by atoms with van der Waals surface area (Å²) in [6, 6.07) is 6.85. The van der Waals surface area contributed by atoms with Gasteiger partial charge in [-0.15, -0.1) is 0 Å². The highest BCUT2D eigenvalue weighted by Crippen LogP contribution is 2.21. The van der Waals surface area contributed by atoms with Gasteiger partial charge < -0.3 is 4.74 Å². The first kappa shape index (κ1) is 14.5. The highest BCUT2D eigenvalue weighted by atomic mass is 32.2. The van der Waals surface area contributed by atoms with Crippen molar-refractivity contribution >= 4 is 9.84 Å². The molecule has 18 heavy (non-hydrogen) atoms. The predicted octanol–water partition coefficient (Wildman–Crippen LogP) is 2.28. The van der Waals surface area contributed by atoms with Crippen LogP contribution in [0, 0.1) is 11.3 Å². The molecule has 0 N–H and O–H groups in total. The molecule has 0 heterocycles. The van der Waals surface area contributed by atoms with Gasteiger partial charge in [-0.1, -0.05) is 19.4 Å². The maximum absolute atomic E-state index is 11.8. The molecule has 0 spiro atoms. The normalized spacial score (nSPS) is 10.9. The van der Waals surface area contributed by atoms with E-state index in [-0.39, 0.29) is 11.5 Å². The number of nitriles is 1. The number of unbranched alkanes of at least 4 members (excludes halogenated alkanes) is 1. The minimum Gasteiger partial charge on any atom is -0.495 e. The van der Waals surface area contributed by atoms with Gasteiger partial charge in [0.2, 0.25) is 0 Å². The summed E-state index contributed by atoms with van der Waals surface area (Å²) in [6.45, 7) is 1.96. The molecule has 0 saturated heterocycles. The molecule has 0 unspecified atom stereocenters. The smallest absolute Gasteiger partial charge is 0.154 e. The fraction of sp³-hybridized carbons (Fsp3) is 0.462. The molecule has 0 fully saturated rings. The fourth-order valence-corrected chi connectivity index (χ4v) is 3.17. The van der Waals surface area contributed by atoms with Crippen molar-refractivity contribution in [1.29, 1.82) is 5.26 Å². The molecule has 0 radical (unpaired) electrons. The van der Waals surface area contributed by atoms with Gasteiger partial charge in [0.15, 0.2) is 9.84 Å². The Bertz CT molecular complexity index is 544. The van der Waals surface area contributed by atoms with E-state index < -0.39 is 9.84 Å². The number of ether oxygens (including phenoxy) is 1. The first-order valence-electron chi connectivity index (χ1n) is 5.80. The molecule has 1 aromatic carbocycles. The second-order valence-corrected chi connectivity index (χ2v) is 6.28. The van der Waals surface area contributed by atoms with E-state index in [1.807, 2.05) is 13.0 Å². The van der Waals surface area contributed by atoms with Gasteiger partial charge in [0.05, 0.1) is 24.2 Å². The number of nitrogens with zero attached hydrogens (tertiary/aromatic N) is 1. The molecule has 0 amide bonds. The van der Waals surface area contributed by atoms with Crippen LogP contribution in [0.3, 0.4) is 0 Å². The number of benzene rings is 1. The molecule has 98 valence electrons. The van der Waals surface area contributed by atoms with Crippen molar-refractivity contribution < 1.29 is 13.2 Å². The highest BCUT2D eigenvalue weighted by Gasteiger charge is 2.13. The molecular formula is C13H17NO3S. The van der Waals surface area contributed by atoms with Crippen LogP contribution in [0.15, 0.2) is 18.2 Å². The van der Waals surface area contributed by atoms with E-state index >= 15 is 0 Å². The van der Waals surface area contributed by atoms with Gasteiger partial charge in [0.25, 0.3) is 0 Å². The van der Waals surface area contributed by atoms with Gasteiger partial charge in [-0.05, 0) is 24.1 Å². The van der Waals surface area contributed by atoms with E-state index in [9.17, 15) is 8.42 Å². The number of hydrogen-bond acceptors (Lipinski definition) is 4. The summed E-state index contributed by atoms with van der Waals surface area (Å²) in [5, 5.41) is 8.84. The first-order chi connectivity index (χ1) is 8.52. The Morgan fingerprint density at radius 1 is 1.39 bits per heavy atom. The van der Waals surface area contributed by atoms with Crippen molar-refractivity contribution in [3.8, 4) is 11.8 Å². The summed E-state index contributed by atoms with van der Waals surface area (Å²) < 4.78 is 28.7. The van der Waals surface area contributed by atoms with E-state index in [2.05, 4.69) is 0 Å². The molecule has 0 aliphatic heterocycles. The largest absolute Gasteiger partial charge is 0.495 e. The molecule has 5 heteroatoms. The molecule has 1 rings (SSSR count). The van der Waals surface area contributed by atoms with Gasteiger partial charge in [0.1, 0.15) is 11.8 Å². The van der Waals surface area contributed by atoms with Crippen LogP contribution in [-0.2, 0) is 15.6 Å². The van der Waals surface area contributed by atoms with E-state index in [4.69, 9.17) is 10.00 Å². The molecule has 4 nitrogen and oxygen atoms in total. The third-order valence-electron chi connectivity index (χ3n) is 2.58. The minimum atomic E-state index is -3.08. The Morgan fingerprint density at radius 3 is 2.67 bits per heavy atom. The van der Waals surface area contributed by atoms with Crippen molar-refractivity contribution in [2.45, 2.75) is 25.5 Å². The zero-order valence-corrected chi connectivity index (χ0v) is 11.5. The molecule has 0 saturated carbocycles. The Balaban J connectivity index is 2.89. The number of hydrogen-bond donors (Lipinski definition) is 0. The molecule has 0 aliphatic carbocycles. The topological polar surface area (TPSA) is 67.2 Å². The van der Waals surface area contributed by atoms with Gasteiger partial charge in [-0.2, -0.15) is 5.26 Å². The highest BCUT2D eigenvalue weighted by molar-refractivity contribution is 7.90. The van der Waals surface area contributed by atoms with Gasteiger partial charge in [-0.25, -0.2) is 8.42 Å². The van der Waals surface area contributed by atoms with Gasteiger partial charge in [0, 0.05) is 0 Å². The average molecular weight is 267 g/mol. The monoisotopic (exact) mass is 267 g/mol. The molecule has 1 aromatic rings. The zero-order valence-electron chi connectivity index (χ0n) is 10.6. The van der Waals surface area contributed by atoms with Crippen LogP contribution in [0.2, 0.25) is 0 Å². The lowest BCUT2D eigenvalue weighted by molar-refractivity contribution is 0.413. The van der Waals surface area contributed by atoms with Crippen LogP contribution in [-0.4, -0.2) is 21.3 Å². The van der Waals surface area contributed by atoms with Crippen LogP contribution in [0.4, 0.5) is 0 Å². The Morgan fingerprint density at radius 2 is 2.11 bits per heavy atom. The lowest BCUT2D eigenvalue weighted by atomic mass is 10.1. The number of rotatable bonds is 6. The summed E-state index contributed by atoms with van der Waals surface area (Å²) in [5.74, 6) is 0.613. The Labute approximate surface area is 108 Å². The van der Waals surface area contributed by atoms with Gasteiger partial charge >= 0.3 is 0 Å². The lowest BCUT2D eigenvalue weighted by Gasteiger charge is -2.07. The van der Waals surface area contributed by atoms with E-state index in [1.54, 1.807) is 18.2 Å². The van der Waals surface area contributed by atoms with Crippen molar-refractivity contribution in [2.75, 3.05) is 12.9 Å². The summed E-state index contributed by atoms with van der Waals surface area (Å²) in [6.07, 6.45) is 1.53. The minimum absolute atomic E-state index is 0.00489. The van der Waals surface area contributed by atoms with E-state index in [1.165, 1.54) is 7.11 Å². The van der Waals surface area contributed by atoms with Crippen molar-refractivity contribution in [1.82, 2.24) is 0 Å². The fourth-order valence-electron chi connectivity index (χ4n) is 1.61. The van der Waals surface area contributed by atoms with Crippen molar-refractivity contribution in [3.05, 3.63) is 29.3 Å². The first-order valence-corrected chi connectivity index (χ1v) is 7.62. The maximum atomic E-state index is 11.8. The summed E-state index contributed by atoms with van der Waals surface area (Å²) in [4.78, 5) is 0. The molecule has 0 bridgehead atoms. The van der Waals surface area contributed by atoms with Gasteiger partial charge in [-0.3, -0.25) is 0 Å². The zero-order chi connectivity index (χ0) is 13.6. The SMILES string of the molecule is CCCCS(=O)(=O)Cc1ccc(C#N)c(OC)c1. The third-order valence-corrected chi connectivity index (χ3v) is 4.27. The van der Waals surface area contributed by atoms with E-state index in [0.29, 0.717) is 23.3 Å². The molecule has 0 atom stereocenters. The molecular weight excluding hydrogens is 250 g/mol. The summed E-state index contributed by atoms with van der Waals surface area (Å²) in [7, 11) is -1.62. The van der Waals surface area contributed by atoms with Crippen LogP contribution in [0.1, 0.15) is 30.9 Å². The standard InChI is InChI=1S/C13H17NO3S/c1-3-4-7-18(15,16)10-11-5-6-12(9-14)13(8-11)17-2/h5-6,8H,3-4,7,10H2,1-2H3. The Kier molecular flexibility index (Phi) is 5.17. The molecule has 0 aromatic heterocycles. The second kappa shape index (κ2) is 6.41. The van der Waals surface area contributed by atoms with Crippen LogP contribution >= 0.6 is 0 Å². The Hall–Kier alpha value is -1.54. The van der Waals surface area contributed by atoms with Crippen LogP contribution in [0.5, 0.6) is 5.75 Å². The van der Waals surface area contributed by atoms with E-state index in [0.717, 1.165) is 6.42 Å². The number of methoxy groups -OCH3 is 1. The van der Waals surface area contributed by atoms with Crippen molar-refractivity contribution in [3.63, 3.8) is 0 Å². The quantitative estimate of drug-likeness (QED) is 0.793. The lowest BCUT2D eigenvalue weighted by Crippen LogP contribution is -2.09. The van der Waals surface area contributed by atoms with Crippen LogP contribution in [0.25, 0.3) is 0 Å². The second-order valence-electron chi connectivity index (χ2n) is 4.09. The average Bonchev–Trinajstić information content (AvgIpc) is 2.35.